The van der Waals surface area contributed by atoms with Gasteiger partial charge in [0.1, 0.15) is 23.0 Å². The van der Waals surface area contributed by atoms with E-state index < -0.39 is 34.6 Å². The van der Waals surface area contributed by atoms with E-state index >= 15 is 0 Å². The molecule has 4 N–H and O–H groups in total. The number of phenols is 2. The Kier molecular flexibility index (Phi) is 8.90. The van der Waals surface area contributed by atoms with Crippen molar-refractivity contribution in [1.82, 2.24) is 0 Å². The van der Waals surface area contributed by atoms with Crippen molar-refractivity contribution >= 4 is 34.2 Å². The van der Waals surface area contributed by atoms with E-state index in [0.717, 1.165) is 37.1 Å². The number of unbranched alkanes of at least 4 members (excludes halogenated alkanes) is 2. The first-order valence-electron chi connectivity index (χ1n) is 14.9. The Balaban J connectivity index is 1.50. The van der Waals surface area contributed by atoms with Crippen LogP contribution in [-0.2, 0) is 9.59 Å². The molecule has 0 atom stereocenters. The molecule has 3 aromatic carbocycles. The Bertz CT molecular complexity index is 1680. The summed E-state index contributed by atoms with van der Waals surface area (Å²) in [5.74, 6) is -3.23. The second-order valence-corrected chi connectivity index (χ2v) is 10.8. The molecule has 0 aliphatic heterocycles. The number of hydrogen-bond donors (Lipinski definition) is 4. The maximum atomic E-state index is 13.4. The van der Waals surface area contributed by atoms with Crippen LogP contribution in [0.5, 0.6) is 11.5 Å². The van der Waals surface area contributed by atoms with E-state index in [-0.39, 0.29) is 22.3 Å². The fraction of sp³-hybridized carbons (Fsp3) is 0.222. The van der Waals surface area contributed by atoms with Crippen molar-refractivity contribution < 1.29 is 30.0 Å². The number of ketones is 2. The van der Waals surface area contributed by atoms with Crippen LogP contribution in [0.15, 0.2) is 113 Å². The Hall–Kier alpha value is -5.24. The molecule has 0 radical (unpaired) electrons. The van der Waals surface area contributed by atoms with Gasteiger partial charge in [-0.2, -0.15) is 0 Å². The summed E-state index contributed by atoms with van der Waals surface area (Å²) in [6.07, 6.45) is 6.32. The summed E-state index contributed by atoms with van der Waals surface area (Å²) in [7, 11) is 0. The monoisotopic (exact) mass is 592 g/mol. The summed E-state index contributed by atoms with van der Waals surface area (Å²) >= 11 is 0. The number of para-hydroxylation sites is 2. The van der Waals surface area contributed by atoms with Gasteiger partial charge in [0, 0.05) is 60.1 Å². The summed E-state index contributed by atoms with van der Waals surface area (Å²) in [5.41, 5.74) is 1.45. The van der Waals surface area contributed by atoms with Crippen LogP contribution < -0.4 is 9.80 Å². The molecule has 8 heteroatoms. The third-order valence-corrected chi connectivity index (χ3v) is 7.80. The van der Waals surface area contributed by atoms with Crippen molar-refractivity contribution in [2.75, 3.05) is 22.9 Å². The van der Waals surface area contributed by atoms with Gasteiger partial charge in [0.05, 0.1) is 22.3 Å². The molecule has 0 saturated carbocycles. The van der Waals surface area contributed by atoms with Crippen LogP contribution >= 0.6 is 0 Å². The highest BCUT2D eigenvalue weighted by Gasteiger charge is 2.43. The number of aliphatic hydroxyl groups is 2. The molecule has 0 spiro atoms. The molecule has 44 heavy (non-hydrogen) atoms. The van der Waals surface area contributed by atoms with Crippen molar-refractivity contribution in [3.8, 4) is 11.5 Å². The molecule has 8 nitrogen and oxygen atoms in total. The summed E-state index contributed by atoms with van der Waals surface area (Å²) in [6.45, 7) is 5.36. The number of aliphatic hydroxyl groups excluding tert-OH is 2. The second kappa shape index (κ2) is 13.0. The summed E-state index contributed by atoms with van der Waals surface area (Å²) in [6, 6.07) is 21.9. The van der Waals surface area contributed by atoms with Crippen molar-refractivity contribution in [3.05, 3.63) is 119 Å². The average Bonchev–Trinajstić information content (AvgIpc) is 3.02. The van der Waals surface area contributed by atoms with Crippen molar-refractivity contribution in [2.45, 2.75) is 39.5 Å². The number of benzene rings is 3. The van der Waals surface area contributed by atoms with Gasteiger partial charge in [-0.25, -0.2) is 0 Å². The van der Waals surface area contributed by atoms with Gasteiger partial charge < -0.3 is 30.2 Å². The van der Waals surface area contributed by atoms with Crippen LogP contribution in [0.1, 0.15) is 45.1 Å². The fourth-order valence-electron chi connectivity index (χ4n) is 5.53. The topological polar surface area (TPSA) is 122 Å². The molecule has 0 fully saturated rings. The minimum atomic E-state index is -0.766. The highest BCUT2D eigenvalue weighted by atomic mass is 16.3. The number of hydrogen-bond acceptors (Lipinski definition) is 8. The first-order chi connectivity index (χ1) is 21.3. The van der Waals surface area contributed by atoms with Gasteiger partial charge in [0.2, 0.25) is 5.78 Å². The number of Topliss-reactive ketones (excluding diaryl/α,β-unsaturated/α-hetero) is 1. The van der Waals surface area contributed by atoms with Crippen molar-refractivity contribution in [2.24, 2.45) is 0 Å². The molecular formula is C36H36N2O6. The van der Waals surface area contributed by atoms with Gasteiger partial charge >= 0.3 is 0 Å². The number of phenolic OH excluding ortho intramolecular Hbond substituents is 2. The quantitative estimate of drug-likeness (QED) is 0.170. The summed E-state index contributed by atoms with van der Waals surface area (Å²) < 4.78 is 0. The molecule has 0 aromatic heterocycles. The van der Waals surface area contributed by atoms with Crippen molar-refractivity contribution in [1.29, 1.82) is 0 Å². The Morgan fingerprint density at radius 1 is 0.614 bits per heavy atom. The predicted octanol–water partition coefficient (Wildman–Crippen LogP) is 7.40. The largest absolute Gasteiger partial charge is 0.507 e. The molecule has 226 valence electrons. The minimum absolute atomic E-state index is 0.234. The lowest BCUT2D eigenvalue weighted by Gasteiger charge is -2.30. The predicted molar refractivity (Wildman–Crippen MR) is 172 cm³/mol. The van der Waals surface area contributed by atoms with E-state index in [2.05, 4.69) is 13.8 Å². The maximum Gasteiger partial charge on any atom is 0.202 e. The highest BCUT2D eigenvalue weighted by Crippen LogP contribution is 2.48. The van der Waals surface area contributed by atoms with Crippen LogP contribution in [0.4, 0.5) is 17.1 Å². The van der Waals surface area contributed by atoms with Crippen LogP contribution in [0.3, 0.4) is 0 Å². The molecular weight excluding hydrogens is 556 g/mol. The number of anilines is 3. The normalized spacial score (nSPS) is 16.4. The number of nitrogens with zero attached hydrogens (tertiary/aromatic N) is 2. The van der Waals surface area contributed by atoms with Gasteiger partial charge in [-0.1, -0.05) is 63.1 Å². The van der Waals surface area contributed by atoms with Gasteiger partial charge in [0.25, 0.3) is 0 Å². The maximum absolute atomic E-state index is 13.4. The van der Waals surface area contributed by atoms with Crippen LogP contribution in [0.2, 0.25) is 0 Å². The summed E-state index contributed by atoms with van der Waals surface area (Å²) in [5, 5.41) is 44.0. The average molecular weight is 593 g/mol. The second-order valence-electron chi connectivity index (χ2n) is 10.8. The fourth-order valence-corrected chi connectivity index (χ4v) is 5.53. The minimum Gasteiger partial charge on any atom is -0.507 e. The van der Waals surface area contributed by atoms with Crippen LogP contribution in [0, 0.1) is 0 Å². The molecule has 3 aromatic rings. The lowest BCUT2D eigenvalue weighted by molar-refractivity contribution is -0.114. The molecule has 2 aliphatic carbocycles. The Morgan fingerprint density at radius 2 is 1.14 bits per heavy atom. The molecule has 5 rings (SSSR count). The molecule has 0 saturated heterocycles. The van der Waals surface area contributed by atoms with E-state index in [9.17, 15) is 30.0 Å². The van der Waals surface area contributed by atoms with Gasteiger partial charge in [0.15, 0.2) is 5.78 Å². The molecule has 0 heterocycles. The molecule has 0 amide bonds. The summed E-state index contributed by atoms with van der Waals surface area (Å²) in [4.78, 5) is 30.6. The van der Waals surface area contributed by atoms with E-state index in [1.807, 2.05) is 70.5 Å². The van der Waals surface area contributed by atoms with Gasteiger partial charge in [-0.15, -0.1) is 0 Å². The van der Waals surface area contributed by atoms with E-state index in [1.165, 1.54) is 24.3 Å². The zero-order valence-corrected chi connectivity index (χ0v) is 24.8. The zero-order valence-electron chi connectivity index (χ0n) is 24.8. The third kappa shape index (κ3) is 5.71. The van der Waals surface area contributed by atoms with E-state index in [1.54, 1.807) is 0 Å². The van der Waals surface area contributed by atoms with Crippen molar-refractivity contribution in [3.63, 3.8) is 0 Å². The lowest BCUT2D eigenvalue weighted by Crippen LogP contribution is -2.29. The molecule has 0 unspecified atom stereocenters. The van der Waals surface area contributed by atoms with E-state index in [4.69, 9.17) is 0 Å². The van der Waals surface area contributed by atoms with Crippen LogP contribution in [-0.4, -0.2) is 45.1 Å². The number of allylic oxidation sites excluding steroid dienone is 5. The van der Waals surface area contributed by atoms with E-state index in [0.29, 0.717) is 24.5 Å². The number of aromatic hydroxyl groups is 2. The number of carbonyl (C=O) groups is 2. The number of carbonyl (C=O) groups excluding carboxylic acids is 2. The third-order valence-electron chi connectivity index (χ3n) is 7.80. The zero-order chi connectivity index (χ0) is 31.4. The number of rotatable bonds is 11. The van der Waals surface area contributed by atoms with Gasteiger partial charge in [-0.3, -0.25) is 9.59 Å². The standard InChI is InChI=1S/C36H36N2O6/c1-3-5-17-37(23-13-9-7-10-14-23)25-19-27(39)31(28(40)20-25)33-35(43)34(36(33)44)32-29(41)21-26(22-30(32)42)38(18-6-4-2)24-15-11-8-12-16-24/h7-16,19-22,39-41,43H,3-6,17-18H2,1-2H3/b34-32+. The highest BCUT2D eigenvalue weighted by molar-refractivity contribution is 6.42. The Morgan fingerprint density at radius 3 is 1.64 bits per heavy atom. The molecule has 2 aliphatic rings. The lowest BCUT2D eigenvalue weighted by atomic mass is 9.78. The van der Waals surface area contributed by atoms with Crippen LogP contribution in [0.25, 0.3) is 5.57 Å². The first kappa shape index (κ1) is 30.2. The van der Waals surface area contributed by atoms with Gasteiger partial charge in [-0.05, 0) is 37.1 Å². The first-order valence-corrected chi connectivity index (χ1v) is 14.9. The smallest absolute Gasteiger partial charge is 0.202 e. The SMILES string of the molecule is CCCCN(C1=CC(=O)/C(=C2/C(=O)C(c3c(O)cc(N(CCCC)c4ccccc4)cc3O)=C2O)C(O)=C1)c1ccccc1. The molecule has 0 bridgehead atoms. The Labute approximate surface area is 256 Å².